The molecule has 0 aliphatic rings. The lowest BCUT2D eigenvalue weighted by molar-refractivity contribution is 0.277. The molecule has 0 spiro atoms. The van der Waals surface area contributed by atoms with Gasteiger partial charge in [-0.15, -0.1) is 0 Å². The lowest BCUT2D eigenvalue weighted by atomic mass is 10.1. The molecule has 0 aliphatic heterocycles. The molecule has 3 heteroatoms. The molecule has 0 unspecified atom stereocenters. The molecular weight excluding hydrogens is 224 g/mol. The van der Waals surface area contributed by atoms with Crippen LogP contribution in [-0.2, 0) is 6.61 Å². The highest BCUT2D eigenvalue weighted by Crippen LogP contribution is 2.27. The number of aliphatic hydroxyl groups excluding tert-OH is 1. The second-order valence-electron chi connectivity index (χ2n) is 4.51. The number of anilines is 2. The molecule has 0 saturated carbocycles. The van der Waals surface area contributed by atoms with Crippen molar-refractivity contribution >= 4 is 11.4 Å². The van der Waals surface area contributed by atoms with Gasteiger partial charge in [-0.3, -0.25) is 4.98 Å². The van der Waals surface area contributed by atoms with E-state index in [0.717, 1.165) is 11.4 Å². The fourth-order valence-corrected chi connectivity index (χ4v) is 2.08. The third-order valence-corrected chi connectivity index (χ3v) is 3.06. The average Bonchev–Trinajstić information content (AvgIpc) is 2.38. The lowest BCUT2D eigenvalue weighted by Gasteiger charge is -2.22. The van der Waals surface area contributed by atoms with Crippen LogP contribution in [0.2, 0.25) is 0 Å². The molecule has 0 aliphatic carbocycles. The van der Waals surface area contributed by atoms with E-state index in [2.05, 4.69) is 41.9 Å². The highest BCUT2D eigenvalue weighted by Gasteiger charge is 2.07. The van der Waals surface area contributed by atoms with Crippen molar-refractivity contribution in [1.82, 2.24) is 4.98 Å². The molecule has 0 bridgehead atoms. The van der Waals surface area contributed by atoms with E-state index in [-0.39, 0.29) is 6.61 Å². The number of benzene rings is 1. The normalized spacial score (nSPS) is 10.4. The minimum atomic E-state index is -0.0332. The molecule has 2 aromatic rings. The van der Waals surface area contributed by atoms with Crippen LogP contribution in [0.15, 0.2) is 36.5 Å². The van der Waals surface area contributed by atoms with E-state index < -0.39 is 0 Å². The van der Waals surface area contributed by atoms with Gasteiger partial charge in [0.1, 0.15) is 0 Å². The number of pyridine rings is 1. The molecule has 18 heavy (non-hydrogen) atoms. The number of hydrogen-bond acceptors (Lipinski definition) is 3. The average molecular weight is 242 g/mol. The molecule has 2 rings (SSSR count). The third kappa shape index (κ3) is 2.51. The number of aliphatic hydroxyl groups is 1. The summed E-state index contributed by atoms with van der Waals surface area (Å²) in [6, 6.07) is 10.2. The Hall–Kier alpha value is -1.87. The van der Waals surface area contributed by atoms with E-state index in [4.69, 9.17) is 5.11 Å². The SMILES string of the molecule is Cc1ccc(N(C)c2ccnc(CO)c2)c(C)c1. The van der Waals surface area contributed by atoms with Gasteiger partial charge >= 0.3 is 0 Å². The molecule has 0 amide bonds. The van der Waals surface area contributed by atoms with Crippen LogP contribution in [0.5, 0.6) is 0 Å². The fourth-order valence-electron chi connectivity index (χ4n) is 2.08. The maximum absolute atomic E-state index is 9.12. The van der Waals surface area contributed by atoms with E-state index in [1.807, 2.05) is 19.2 Å². The first-order valence-corrected chi connectivity index (χ1v) is 5.98. The first kappa shape index (κ1) is 12.6. The molecule has 1 aromatic heterocycles. The predicted octanol–water partition coefficient (Wildman–Crippen LogP) is 2.96. The van der Waals surface area contributed by atoms with Crippen LogP contribution in [0.3, 0.4) is 0 Å². The topological polar surface area (TPSA) is 36.4 Å². The van der Waals surface area contributed by atoms with E-state index in [1.165, 1.54) is 11.1 Å². The van der Waals surface area contributed by atoms with Crippen molar-refractivity contribution < 1.29 is 5.11 Å². The number of nitrogens with zero attached hydrogens (tertiary/aromatic N) is 2. The zero-order valence-corrected chi connectivity index (χ0v) is 11.0. The Labute approximate surface area is 108 Å². The monoisotopic (exact) mass is 242 g/mol. The Morgan fingerprint density at radius 2 is 1.94 bits per heavy atom. The second kappa shape index (κ2) is 5.19. The van der Waals surface area contributed by atoms with Crippen molar-refractivity contribution in [2.24, 2.45) is 0 Å². The Bertz CT molecular complexity index is 552. The number of aromatic nitrogens is 1. The van der Waals surface area contributed by atoms with Crippen LogP contribution in [0, 0.1) is 13.8 Å². The standard InChI is InChI=1S/C15H18N2O/c1-11-4-5-15(12(2)8-11)17(3)14-6-7-16-13(9-14)10-18/h4-9,18H,10H2,1-3H3. The summed E-state index contributed by atoms with van der Waals surface area (Å²) in [6.45, 7) is 4.16. The summed E-state index contributed by atoms with van der Waals surface area (Å²) < 4.78 is 0. The van der Waals surface area contributed by atoms with Gasteiger partial charge in [-0.25, -0.2) is 0 Å². The smallest absolute Gasteiger partial charge is 0.0853 e. The van der Waals surface area contributed by atoms with E-state index in [9.17, 15) is 0 Å². The molecule has 1 aromatic carbocycles. The van der Waals surface area contributed by atoms with Crippen molar-refractivity contribution in [2.45, 2.75) is 20.5 Å². The lowest BCUT2D eigenvalue weighted by Crippen LogP contribution is -2.11. The number of aryl methyl sites for hydroxylation is 2. The molecule has 0 fully saturated rings. The third-order valence-electron chi connectivity index (χ3n) is 3.06. The Balaban J connectivity index is 2.37. The quantitative estimate of drug-likeness (QED) is 0.899. The Kier molecular flexibility index (Phi) is 3.63. The molecule has 0 radical (unpaired) electrons. The summed E-state index contributed by atoms with van der Waals surface area (Å²) in [4.78, 5) is 6.20. The molecule has 94 valence electrons. The van der Waals surface area contributed by atoms with Crippen LogP contribution in [0.25, 0.3) is 0 Å². The molecule has 0 atom stereocenters. The van der Waals surface area contributed by atoms with Gasteiger partial charge in [-0.05, 0) is 37.6 Å². The van der Waals surface area contributed by atoms with Gasteiger partial charge in [0.05, 0.1) is 12.3 Å². The van der Waals surface area contributed by atoms with Crippen molar-refractivity contribution in [3.63, 3.8) is 0 Å². The fraction of sp³-hybridized carbons (Fsp3) is 0.267. The van der Waals surface area contributed by atoms with Gasteiger partial charge in [0.2, 0.25) is 0 Å². The van der Waals surface area contributed by atoms with Crippen LogP contribution >= 0.6 is 0 Å². The summed E-state index contributed by atoms with van der Waals surface area (Å²) in [5.41, 5.74) is 5.37. The van der Waals surface area contributed by atoms with Gasteiger partial charge in [0, 0.05) is 24.6 Å². The minimum Gasteiger partial charge on any atom is -0.390 e. The zero-order valence-electron chi connectivity index (χ0n) is 11.0. The summed E-state index contributed by atoms with van der Waals surface area (Å²) in [5.74, 6) is 0. The molecule has 0 saturated heterocycles. The van der Waals surface area contributed by atoms with Crippen LogP contribution < -0.4 is 4.90 Å². The first-order valence-electron chi connectivity index (χ1n) is 5.98. The van der Waals surface area contributed by atoms with Gasteiger partial charge in [-0.1, -0.05) is 17.7 Å². The molecule has 1 N–H and O–H groups in total. The summed E-state index contributed by atoms with van der Waals surface area (Å²) in [7, 11) is 2.02. The highest BCUT2D eigenvalue weighted by molar-refractivity contribution is 5.65. The van der Waals surface area contributed by atoms with E-state index in [1.54, 1.807) is 6.20 Å². The van der Waals surface area contributed by atoms with Gasteiger partial charge < -0.3 is 10.0 Å². The van der Waals surface area contributed by atoms with E-state index >= 15 is 0 Å². The summed E-state index contributed by atoms with van der Waals surface area (Å²) in [5, 5.41) is 9.12. The number of hydrogen-bond donors (Lipinski definition) is 1. The second-order valence-corrected chi connectivity index (χ2v) is 4.51. The zero-order chi connectivity index (χ0) is 13.1. The maximum atomic E-state index is 9.12. The van der Waals surface area contributed by atoms with Crippen LogP contribution in [0.4, 0.5) is 11.4 Å². The van der Waals surface area contributed by atoms with Crippen molar-refractivity contribution in [3.05, 3.63) is 53.3 Å². The summed E-state index contributed by atoms with van der Waals surface area (Å²) in [6.07, 6.45) is 1.72. The van der Waals surface area contributed by atoms with Gasteiger partial charge in [0.15, 0.2) is 0 Å². The van der Waals surface area contributed by atoms with Crippen LogP contribution in [0.1, 0.15) is 16.8 Å². The Morgan fingerprint density at radius 3 is 2.61 bits per heavy atom. The largest absolute Gasteiger partial charge is 0.390 e. The molecule has 1 heterocycles. The maximum Gasteiger partial charge on any atom is 0.0853 e. The van der Waals surface area contributed by atoms with Crippen molar-refractivity contribution in [2.75, 3.05) is 11.9 Å². The van der Waals surface area contributed by atoms with Gasteiger partial charge in [0.25, 0.3) is 0 Å². The number of rotatable bonds is 3. The highest BCUT2D eigenvalue weighted by atomic mass is 16.3. The van der Waals surface area contributed by atoms with E-state index in [0.29, 0.717) is 5.69 Å². The van der Waals surface area contributed by atoms with Crippen molar-refractivity contribution in [3.8, 4) is 0 Å². The Morgan fingerprint density at radius 1 is 1.17 bits per heavy atom. The predicted molar refractivity (Wildman–Crippen MR) is 74.1 cm³/mol. The summed E-state index contributed by atoms with van der Waals surface area (Å²) >= 11 is 0. The molecular formula is C15H18N2O. The first-order chi connectivity index (χ1) is 8.61. The van der Waals surface area contributed by atoms with Crippen LogP contribution in [-0.4, -0.2) is 17.1 Å². The minimum absolute atomic E-state index is 0.0332. The van der Waals surface area contributed by atoms with Crippen molar-refractivity contribution in [1.29, 1.82) is 0 Å². The van der Waals surface area contributed by atoms with Gasteiger partial charge in [-0.2, -0.15) is 0 Å². The molecule has 3 nitrogen and oxygen atoms in total.